The van der Waals surface area contributed by atoms with Crippen LogP contribution < -0.4 is 9.80 Å². The van der Waals surface area contributed by atoms with Crippen LogP contribution >= 0.6 is 23.1 Å². The number of nitrogens with zero attached hydrogens (tertiary/aromatic N) is 4. The highest BCUT2D eigenvalue weighted by molar-refractivity contribution is 7.13. The number of carbonyl (C=O) groups excluding carboxylic acids is 1. The molecule has 7 heteroatoms. The van der Waals surface area contributed by atoms with Crippen LogP contribution in [-0.4, -0.2) is 54.4 Å². The average molecular weight is 455 g/mol. The normalized spacial score (nSPS) is 16.8. The molecule has 1 fully saturated rings. The smallest absolute Gasteiger partial charge is 0.226 e. The molecule has 0 atom stereocenters. The Balaban J connectivity index is 1.20. The summed E-state index contributed by atoms with van der Waals surface area (Å²) in [7, 11) is 0. The van der Waals surface area contributed by atoms with Crippen molar-refractivity contribution in [3.8, 4) is 0 Å². The number of benzene rings is 2. The first-order valence-corrected chi connectivity index (χ1v) is 12.2. The lowest BCUT2D eigenvalue weighted by atomic mass is 10.1. The molecule has 0 saturated carbocycles. The maximum atomic E-state index is 12.2. The van der Waals surface area contributed by atoms with Crippen molar-refractivity contribution >= 4 is 50.6 Å². The fourth-order valence-electron chi connectivity index (χ4n) is 4.67. The molecule has 5 rings (SSSR count). The van der Waals surface area contributed by atoms with Gasteiger partial charge in [0.25, 0.3) is 0 Å². The summed E-state index contributed by atoms with van der Waals surface area (Å²) >= 11 is 8.20. The van der Waals surface area contributed by atoms with E-state index in [1.165, 1.54) is 21.2 Å². The highest BCUT2D eigenvalue weighted by Gasteiger charge is 2.25. The fraction of sp³-hybridized carbons (Fsp3) is 0.417. The Morgan fingerprint density at radius 3 is 2.74 bits per heavy atom. The van der Waals surface area contributed by atoms with Crippen LogP contribution in [0.25, 0.3) is 10.1 Å². The van der Waals surface area contributed by atoms with Gasteiger partial charge in [-0.3, -0.25) is 9.69 Å². The second kappa shape index (κ2) is 8.77. The van der Waals surface area contributed by atoms with Gasteiger partial charge in [-0.05, 0) is 53.7 Å². The molecule has 2 aliphatic rings. The Labute approximate surface area is 192 Å². The highest BCUT2D eigenvalue weighted by Crippen LogP contribution is 2.34. The Bertz CT molecular complexity index is 1110. The third kappa shape index (κ3) is 4.04. The second-order valence-electron chi connectivity index (χ2n) is 8.30. The number of amides is 1. The van der Waals surface area contributed by atoms with Crippen molar-refractivity contribution in [2.75, 3.05) is 49.1 Å². The van der Waals surface area contributed by atoms with Gasteiger partial charge in [0.2, 0.25) is 5.91 Å². The lowest BCUT2D eigenvalue weighted by molar-refractivity contribution is -0.118. The van der Waals surface area contributed by atoms with Crippen LogP contribution in [0.1, 0.15) is 24.5 Å². The molecule has 2 aliphatic heterocycles. The van der Waals surface area contributed by atoms with Crippen LogP contribution in [0.5, 0.6) is 0 Å². The molecule has 31 heavy (non-hydrogen) atoms. The van der Waals surface area contributed by atoms with E-state index in [4.69, 9.17) is 16.0 Å². The molecule has 3 heterocycles. The quantitative estimate of drug-likeness (QED) is 0.564. The first-order valence-electron chi connectivity index (χ1n) is 11.1. The molecule has 0 unspecified atom stereocenters. The van der Waals surface area contributed by atoms with Gasteiger partial charge in [0.1, 0.15) is 5.82 Å². The number of anilines is 2. The topological polar surface area (TPSA) is 39.7 Å². The van der Waals surface area contributed by atoms with E-state index in [0.29, 0.717) is 6.42 Å². The molecule has 0 aliphatic carbocycles. The van der Waals surface area contributed by atoms with Crippen LogP contribution in [0.15, 0.2) is 36.4 Å². The SMILES string of the molecule is CCC(=O)N1CCc2cc(CCN3CCN(c4nsc5ccccc45)CC3)c(Cl)cc21. The van der Waals surface area contributed by atoms with Crippen molar-refractivity contribution in [1.82, 2.24) is 9.27 Å². The minimum atomic E-state index is 0.174. The van der Waals surface area contributed by atoms with Gasteiger partial charge in [-0.1, -0.05) is 36.7 Å². The largest absolute Gasteiger partial charge is 0.353 e. The summed E-state index contributed by atoms with van der Waals surface area (Å²) in [5.41, 5.74) is 3.45. The lowest BCUT2D eigenvalue weighted by Crippen LogP contribution is -2.47. The zero-order valence-corrected chi connectivity index (χ0v) is 19.4. The van der Waals surface area contributed by atoms with Crippen LogP contribution in [0, 0.1) is 0 Å². The Hall–Kier alpha value is -2.15. The summed E-state index contributed by atoms with van der Waals surface area (Å²) in [4.78, 5) is 19.0. The van der Waals surface area contributed by atoms with Crippen molar-refractivity contribution in [1.29, 1.82) is 0 Å². The minimum absolute atomic E-state index is 0.174. The molecule has 2 aromatic carbocycles. The number of piperazine rings is 1. The third-order valence-electron chi connectivity index (χ3n) is 6.47. The number of halogens is 1. The molecule has 0 N–H and O–H groups in total. The summed E-state index contributed by atoms with van der Waals surface area (Å²) in [6.45, 7) is 7.75. The Morgan fingerprint density at radius 1 is 1.13 bits per heavy atom. The summed E-state index contributed by atoms with van der Waals surface area (Å²) in [6.07, 6.45) is 2.39. The molecule has 162 valence electrons. The van der Waals surface area contributed by atoms with Gasteiger partial charge in [0.15, 0.2) is 0 Å². The third-order valence-corrected chi connectivity index (χ3v) is 7.64. The maximum Gasteiger partial charge on any atom is 0.226 e. The fourth-order valence-corrected chi connectivity index (χ4v) is 5.71. The molecule has 3 aromatic rings. The molecule has 0 bridgehead atoms. The molecule has 1 saturated heterocycles. The first-order chi connectivity index (χ1) is 15.1. The van der Waals surface area contributed by atoms with Crippen LogP contribution in [-0.2, 0) is 17.6 Å². The van der Waals surface area contributed by atoms with E-state index < -0.39 is 0 Å². The van der Waals surface area contributed by atoms with Gasteiger partial charge in [-0.15, -0.1) is 0 Å². The second-order valence-corrected chi connectivity index (χ2v) is 9.51. The Kier molecular flexibility index (Phi) is 5.87. The number of carbonyl (C=O) groups is 1. The van der Waals surface area contributed by atoms with E-state index >= 15 is 0 Å². The van der Waals surface area contributed by atoms with Crippen molar-refractivity contribution in [3.05, 3.63) is 52.5 Å². The molecule has 1 amide bonds. The summed E-state index contributed by atoms with van der Waals surface area (Å²) < 4.78 is 5.97. The van der Waals surface area contributed by atoms with Crippen molar-refractivity contribution < 1.29 is 4.79 Å². The number of hydrogen-bond acceptors (Lipinski definition) is 5. The first kappa shape index (κ1) is 20.7. The van der Waals surface area contributed by atoms with Gasteiger partial charge >= 0.3 is 0 Å². The average Bonchev–Trinajstić information content (AvgIpc) is 3.41. The molecular formula is C24H27ClN4OS. The van der Waals surface area contributed by atoms with Gasteiger partial charge < -0.3 is 9.80 Å². The maximum absolute atomic E-state index is 12.2. The number of rotatable bonds is 5. The van der Waals surface area contributed by atoms with Gasteiger partial charge in [-0.2, -0.15) is 4.37 Å². The molecule has 1 aromatic heterocycles. The Morgan fingerprint density at radius 2 is 1.94 bits per heavy atom. The van der Waals surface area contributed by atoms with Gasteiger partial charge in [0.05, 0.1) is 4.70 Å². The van der Waals surface area contributed by atoms with Crippen molar-refractivity contribution in [2.24, 2.45) is 0 Å². The standard InChI is InChI=1S/C24H27ClN4OS/c1-2-23(30)29-10-8-18-15-17(20(25)16-21(18)29)7-9-27-11-13-28(14-12-27)24-19-5-3-4-6-22(19)31-26-24/h3-6,15-16H,2,7-14H2,1H3. The molecule has 0 spiro atoms. The summed E-state index contributed by atoms with van der Waals surface area (Å²) in [5, 5.41) is 2.05. The van der Waals surface area contributed by atoms with E-state index in [0.717, 1.165) is 68.6 Å². The molecule has 5 nitrogen and oxygen atoms in total. The molecule has 0 radical (unpaired) electrons. The van der Waals surface area contributed by atoms with E-state index in [-0.39, 0.29) is 5.91 Å². The van der Waals surface area contributed by atoms with E-state index in [1.807, 2.05) is 17.9 Å². The van der Waals surface area contributed by atoms with E-state index in [9.17, 15) is 4.79 Å². The molecular weight excluding hydrogens is 428 g/mol. The number of aromatic nitrogens is 1. The zero-order chi connectivity index (χ0) is 21.4. The van der Waals surface area contributed by atoms with Crippen LogP contribution in [0.3, 0.4) is 0 Å². The predicted octanol–water partition coefficient (Wildman–Crippen LogP) is 4.61. The predicted molar refractivity (Wildman–Crippen MR) is 130 cm³/mol. The van der Waals surface area contributed by atoms with Crippen molar-refractivity contribution in [3.63, 3.8) is 0 Å². The van der Waals surface area contributed by atoms with E-state index in [1.54, 1.807) is 11.5 Å². The number of fused-ring (bicyclic) bond motifs is 2. The summed E-state index contributed by atoms with van der Waals surface area (Å²) in [6, 6.07) is 12.7. The van der Waals surface area contributed by atoms with E-state index in [2.05, 4.69) is 40.1 Å². The zero-order valence-electron chi connectivity index (χ0n) is 17.8. The minimum Gasteiger partial charge on any atom is -0.353 e. The van der Waals surface area contributed by atoms with Crippen molar-refractivity contribution in [2.45, 2.75) is 26.2 Å². The van der Waals surface area contributed by atoms with Gasteiger partial charge in [0, 0.05) is 61.8 Å². The van der Waals surface area contributed by atoms with Crippen LogP contribution in [0.2, 0.25) is 5.02 Å². The highest BCUT2D eigenvalue weighted by atomic mass is 35.5. The summed E-state index contributed by atoms with van der Waals surface area (Å²) in [5.74, 6) is 1.31. The lowest BCUT2D eigenvalue weighted by Gasteiger charge is -2.35. The van der Waals surface area contributed by atoms with Crippen LogP contribution in [0.4, 0.5) is 11.5 Å². The number of hydrogen-bond donors (Lipinski definition) is 0. The van der Waals surface area contributed by atoms with Gasteiger partial charge in [-0.25, -0.2) is 0 Å². The monoisotopic (exact) mass is 454 g/mol.